The molecule has 2 N–H and O–H groups in total. The van der Waals surface area contributed by atoms with Crippen molar-refractivity contribution in [1.82, 2.24) is 20.7 Å². The molecule has 1 aliphatic rings. The summed E-state index contributed by atoms with van der Waals surface area (Å²) in [5.41, 5.74) is 0.943. The number of likely N-dealkylation sites (N-methyl/N-ethyl adjacent to an activating group) is 1. The number of aromatic nitrogens is 1. The van der Waals surface area contributed by atoms with Crippen LogP contribution in [0.15, 0.2) is 15.6 Å². The number of guanidine groups is 1. The average molecular weight is 349 g/mol. The van der Waals surface area contributed by atoms with Gasteiger partial charge in [-0.2, -0.15) is 0 Å². The highest BCUT2D eigenvalue weighted by Gasteiger charge is 2.16. The van der Waals surface area contributed by atoms with Crippen LogP contribution in [0, 0.1) is 0 Å². The molecule has 1 aromatic rings. The summed E-state index contributed by atoms with van der Waals surface area (Å²) >= 11 is 0. The monoisotopic (exact) mass is 349 g/mol. The summed E-state index contributed by atoms with van der Waals surface area (Å²) in [6, 6.07) is 2.37. The number of hydrogen-bond donors (Lipinski definition) is 2. The molecule has 1 amide bonds. The summed E-state index contributed by atoms with van der Waals surface area (Å²) < 4.78 is 5.36. The summed E-state index contributed by atoms with van der Waals surface area (Å²) in [5.74, 6) is 1.74. The van der Waals surface area contributed by atoms with Crippen LogP contribution in [0.25, 0.3) is 0 Å². The third-order valence-corrected chi connectivity index (χ3v) is 4.42. The quantitative estimate of drug-likeness (QED) is 0.608. The molecule has 1 aliphatic carbocycles. The summed E-state index contributed by atoms with van der Waals surface area (Å²) in [7, 11) is 3.48. The highest BCUT2D eigenvalue weighted by atomic mass is 16.5. The number of rotatable bonds is 6. The second-order valence-corrected chi connectivity index (χ2v) is 7.16. The Bertz CT molecular complexity index is 574. The second-order valence-electron chi connectivity index (χ2n) is 7.16. The van der Waals surface area contributed by atoms with E-state index >= 15 is 0 Å². The van der Waals surface area contributed by atoms with Gasteiger partial charge in [-0.05, 0) is 18.8 Å². The van der Waals surface area contributed by atoms with Gasteiger partial charge in [-0.15, -0.1) is 0 Å². The number of carbonyl (C=O) groups excluding carboxylic acids is 1. The first-order valence-corrected chi connectivity index (χ1v) is 9.16. The maximum atomic E-state index is 11.8. The van der Waals surface area contributed by atoms with E-state index in [1.807, 2.05) is 6.07 Å². The van der Waals surface area contributed by atoms with Gasteiger partial charge in [-0.3, -0.25) is 4.79 Å². The van der Waals surface area contributed by atoms with Crippen LogP contribution in [-0.4, -0.2) is 48.6 Å². The Kier molecular flexibility index (Phi) is 7.28. The fourth-order valence-corrected chi connectivity index (χ4v) is 2.74. The van der Waals surface area contributed by atoms with Gasteiger partial charge >= 0.3 is 0 Å². The van der Waals surface area contributed by atoms with E-state index in [2.05, 4.69) is 34.6 Å². The molecule has 25 heavy (non-hydrogen) atoms. The molecule has 1 saturated carbocycles. The van der Waals surface area contributed by atoms with Gasteiger partial charge in [0.05, 0.1) is 12.2 Å². The van der Waals surface area contributed by atoms with Crippen molar-refractivity contribution < 1.29 is 9.32 Å². The van der Waals surface area contributed by atoms with Crippen molar-refractivity contribution in [2.75, 3.05) is 20.6 Å². The molecule has 1 fully saturated rings. The van der Waals surface area contributed by atoms with E-state index in [9.17, 15) is 4.79 Å². The first kappa shape index (κ1) is 19.3. The third-order valence-electron chi connectivity index (χ3n) is 4.42. The topological polar surface area (TPSA) is 82.8 Å². The molecule has 2 rings (SSSR count). The first-order valence-electron chi connectivity index (χ1n) is 9.16. The molecule has 1 aromatic heterocycles. The van der Waals surface area contributed by atoms with Gasteiger partial charge in [0.25, 0.3) is 0 Å². The summed E-state index contributed by atoms with van der Waals surface area (Å²) in [4.78, 5) is 17.8. The fourth-order valence-electron chi connectivity index (χ4n) is 2.74. The van der Waals surface area contributed by atoms with E-state index in [0.29, 0.717) is 24.5 Å². The second kappa shape index (κ2) is 9.44. The number of carbonyl (C=O) groups is 1. The van der Waals surface area contributed by atoms with Crippen molar-refractivity contribution in [3.05, 3.63) is 17.5 Å². The third kappa shape index (κ3) is 6.40. The Balaban J connectivity index is 1.96. The molecule has 0 atom stereocenters. The molecular weight excluding hydrogens is 318 g/mol. The molecule has 1 heterocycles. The van der Waals surface area contributed by atoms with E-state index in [-0.39, 0.29) is 12.5 Å². The van der Waals surface area contributed by atoms with Gasteiger partial charge in [0.2, 0.25) is 5.91 Å². The summed E-state index contributed by atoms with van der Waals surface area (Å²) in [6.07, 6.45) is 6.06. The van der Waals surface area contributed by atoms with Crippen LogP contribution >= 0.6 is 0 Å². The lowest BCUT2D eigenvalue weighted by atomic mass is 9.96. The number of aliphatic imine (C=N–C) groups is 1. The van der Waals surface area contributed by atoms with Crippen LogP contribution in [0.5, 0.6) is 0 Å². The number of nitrogens with zero attached hydrogens (tertiary/aromatic N) is 3. The van der Waals surface area contributed by atoms with E-state index in [1.165, 1.54) is 19.3 Å². The van der Waals surface area contributed by atoms with Crippen LogP contribution in [0.1, 0.15) is 63.3 Å². The predicted molar refractivity (Wildman–Crippen MR) is 98.4 cm³/mol. The van der Waals surface area contributed by atoms with E-state index in [4.69, 9.17) is 4.52 Å². The number of amides is 1. The lowest BCUT2D eigenvalue weighted by Crippen LogP contribution is -2.44. The van der Waals surface area contributed by atoms with Crippen LogP contribution in [0.4, 0.5) is 0 Å². The molecule has 0 aliphatic heterocycles. The lowest BCUT2D eigenvalue weighted by Gasteiger charge is -2.25. The largest absolute Gasteiger partial charge is 0.359 e. The molecular formula is C18H31N5O2. The van der Waals surface area contributed by atoms with Crippen LogP contribution in [-0.2, 0) is 11.3 Å². The lowest BCUT2D eigenvalue weighted by molar-refractivity contribution is -0.127. The van der Waals surface area contributed by atoms with Crippen LogP contribution < -0.4 is 10.6 Å². The first-order chi connectivity index (χ1) is 12.0. The van der Waals surface area contributed by atoms with Crippen molar-refractivity contribution in [2.45, 2.75) is 64.5 Å². The Morgan fingerprint density at radius 3 is 2.68 bits per heavy atom. The molecule has 0 radical (unpaired) electrons. The van der Waals surface area contributed by atoms with Gasteiger partial charge in [0.1, 0.15) is 6.54 Å². The Morgan fingerprint density at radius 1 is 1.36 bits per heavy atom. The molecule has 0 bridgehead atoms. The highest BCUT2D eigenvalue weighted by Crippen LogP contribution is 2.17. The van der Waals surface area contributed by atoms with Gasteiger partial charge in [0, 0.05) is 26.2 Å². The van der Waals surface area contributed by atoms with Crippen molar-refractivity contribution in [1.29, 1.82) is 0 Å². The number of nitrogens with one attached hydrogen (secondary N) is 2. The van der Waals surface area contributed by atoms with Crippen LogP contribution in [0.2, 0.25) is 0 Å². The van der Waals surface area contributed by atoms with Gasteiger partial charge in [0.15, 0.2) is 11.7 Å². The zero-order chi connectivity index (χ0) is 18.2. The molecule has 7 heteroatoms. The van der Waals surface area contributed by atoms with Gasteiger partial charge in [-0.1, -0.05) is 38.3 Å². The van der Waals surface area contributed by atoms with E-state index in [0.717, 1.165) is 24.3 Å². The smallest absolute Gasteiger partial charge is 0.243 e. The number of hydrogen-bond acceptors (Lipinski definition) is 4. The zero-order valence-corrected chi connectivity index (χ0v) is 15.8. The maximum absolute atomic E-state index is 11.8. The maximum Gasteiger partial charge on any atom is 0.243 e. The molecule has 0 aromatic carbocycles. The molecule has 0 saturated heterocycles. The molecule has 140 valence electrons. The van der Waals surface area contributed by atoms with Gasteiger partial charge in [-0.25, -0.2) is 4.99 Å². The molecule has 7 nitrogen and oxygen atoms in total. The van der Waals surface area contributed by atoms with Crippen molar-refractivity contribution in [3.63, 3.8) is 0 Å². The zero-order valence-electron chi connectivity index (χ0n) is 15.8. The Morgan fingerprint density at radius 2 is 2.08 bits per heavy atom. The Hall–Kier alpha value is -2.05. The minimum absolute atomic E-state index is 0.0218. The van der Waals surface area contributed by atoms with Crippen molar-refractivity contribution >= 4 is 11.9 Å². The Labute approximate surface area is 150 Å². The van der Waals surface area contributed by atoms with E-state index < -0.39 is 0 Å². The van der Waals surface area contributed by atoms with Crippen molar-refractivity contribution in [3.8, 4) is 0 Å². The molecule has 0 spiro atoms. The normalized spacial score (nSPS) is 16.1. The summed E-state index contributed by atoms with van der Waals surface area (Å²) in [5, 5.41) is 10.8. The predicted octanol–water partition coefficient (Wildman–Crippen LogP) is 2.25. The SMILES string of the molecule is CC(C)c1cc(CNC(=NCC(=O)N(C)C)NC2CCCCC2)on1. The average Bonchev–Trinajstić information content (AvgIpc) is 3.07. The van der Waals surface area contributed by atoms with Crippen LogP contribution in [0.3, 0.4) is 0 Å². The highest BCUT2D eigenvalue weighted by molar-refractivity contribution is 5.84. The fraction of sp³-hybridized carbons (Fsp3) is 0.722. The van der Waals surface area contributed by atoms with E-state index in [1.54, 1.807) is 19.0 Å². The minimum atomic E-state index is -0.0218. The van der Waals surface area contributed by atoms with Crippen molar-refractivity contribution in [2.24, 2.45) is 4.99 Å². The minimum Gasteiger partial charge on any atom is -0.359 e. The molecule has 0 unspecified atom stereocenters. The summed E-state index contributed by atoms with van der Waals surface area (Å²) in [6.45, 7) is 4.79. The standard InChI is InChI=1S/C18H31N5O2/c1-13(2)16-10-15(25-22-16)11-19-18(20-12-17(24)23(3)4)21-14-8-6-5-7-9-14/h10,13-14H,5-9,11-12H2,1-4H3,(H2,19,20,21). The van der Waals surface area contributed by atoms with Gasteiger partial charge < -0.3 is 20.1 Å².